The summed E-state index contributed by atoms with van der Waals surface area (Å²) in [5, 5.41) is 4.89. The molecule has 0 spiro atoms. The molecule has 0 unspecified atom stereocenters. The first kappa shape index (κ1) is 19.9. The highest BCUT2D eigenvalue weighted by Crippen LogP contribution is 2.21. The molecule has 26 heavy (non-hydrogen) atoms. The third kappa shape index (κ3) is 6.83. The zero-order chi connectivity index (χ0) is 18.9. The number of carbonyl (C=O) groups excluding carboxylic acids is 2. The topological polar surface area (TPSA) is 79.5 Å². The minimum Gasteiger partial charge on any atom is -0.483 e. The van der Waals surface area contributed by atoms with E-state index < -0.39 is 11.8 Å². The number of halogens is 1. The highest BCUT2D eigenvalue weighted by Gasteiger charge is 2.07. The number of benzene rings is 1. The van der Waals surface area contributed by atoms with Crippen LogP contribution in [0.4, 0.5) is 0 Å². The number of hydrazine groups is 1. The quantitative estimate of drug-likeness (QED) is 0.402. The number of nitrogens with one attached hydrogen (secondary N) is 3. The Kier molecular flexibility index (Phi) is 7.58. The van der Waals surface area contributed by atoms with Crippen LogP contribution >= 0.6 is 35.2 Å². The van der Waals surface area contributed by atoms with Gasteiger partial charge in [0.2, 0.25) is 5.91 Å². The lowest BCUT2D eigenvalue weighted by atomic mass is 10.2. The Bertz CT molecular complexity index is 823. The van der Waals surface area contributed by atoms with Gasteiger partial charge in [-0.1, -0.05) is 17.7 Å². The number of thiocarbonyl (C=S) groups is 1. The van der Waals surface area contributed by atoms with Gasteiger partial charge in [-0.2, -0.15) is 0 Å². The van der Waals surface area contributed by atoms with Crippen LogP contribution in [0.15, 0.2) is 41.8 Å². The lowest BCUT2D eigenvalue weighted by Crippen LogP contribution is -2.49. The van der Waals surface area contributed by atoms with Crippen LogP contribution in [-0.4, -0.2) is 23.5 Å². The SMILES string of the molecule is Cc1cc(Cl)ccc1OCC(=O)NNC(=S)NC(=O)C=Cc1cccs1. The molecule has 0 radical (unpaired) electrons. The predicted octanol–water partition coefficient (Wildman–Crippen LogP) is 2.82. The van der Waals surface area contributed by atoms with Crippen molar-refractivity contribution in [3.05, 3.63) is 57.3 Å². The van der Waals surface area contributed by atoms with E-state index in [4.69, 9.17) is 28.6 Å². The van der Waals surface area contributed by atoms with E-state index in [1.54, 1.807) is 24.3 Å². The third-order valence-corrected chi connectivity index (χ3v) is 4.27. The van der Waals surface area contributed by atoms with Gasteiger partial charge in [0.15, 0.2) is 11.7 Å². The van der Waals surface area contributed by atoms with Crippen LogP contribution in [0.1, 0.15) is 10.4 Å². The molecule has 1 heterocycles. The Morgan fingerprint density at radius 2 is 2.12 bits per heavy atom. The summed E-state index contributed by atoms with van der Waals surface area (Å²) in [5.41, 5.74) is 5.59. The Morgan fingerprint density at radius 1 is 1.31 bits per heavy atom. The molecule has 2 aromatic rings. The van der Waals surface area contributed by atoms with Gasteiger partial charge in [0, 0.05) is 16.0 Å². The molecule has 136 valence electrons. The Morgan fingerprint density at radius 3 is 2.81 bits per heavy atom. The average Bonchev–Trinajstić information content (AvgIpc) is 3.11. The van der Waals surface area contributed by atoms with Crippen molar-refractivity contribution in [2.45, 2.75) is 6.92 Å². The van der Waals surface area contributed by atoms with E-state index in [9.17, 15) is 9.59 Å². The maximum Gasteiger partial charge on any atom is 0.276 e. The number of thiophene rings is 1. The van der Waals surface area contributed by atoms with E-state index in [1.807, 2.05) is 24.4 Å². The highest BCUT2D eigenvalue weighted by atomic mass is 35.5. The van der Waals surface area contributed by atoms with Gasteiger partial charge in [-0.25, -0.2) is 0 Å². The maximum atomic E-state index is 11.8. The Balaban J connectivity index is 1.69. The van der Waals surface area contributed by atoms with Gasteiger partial charge in [0.05, 0.1) is 0 Å². The molecule has 2 rings (SSSR count). The van der Waals surface area contributed by atoms with Crippen molar-refractivity contribution in [1.29, 1.82) is 0 Å². The normalized spacial score (nSPS) is 10.4. The van der Waals surface area contributed by atoms with E-state index in [0.29, 0.717) is 10.8 Å². The molecule has 1 aromatic carbocycles. The fraction of sp³-hybridized carbons (Fsp3) is 0.118. The summed E-state index contributed by atoms with van der Waals surface area (Å²) in [5.74, 6) is -0.303. The predicted molar refractivity (Wildman–Crippen MR) is 107 cm³/mol. The summed E-state index contributed by atoms with van der Waals surface area (Å²) in [7, 11) is 0. The fourth-order valence-corrected chi connectivity index (χ4v) is 2.81. The average molecular weight is 410 g/mol. The first-order valence-corrected chi connectivity index (χ1v) is 9.11. The minimum atomic E-state index is -0.454. The summed E-state index contributed by atoms with van der Waals surface area (Å²) in [6, 6.07) is 8.87. The first-order valence-electron chi connectivity index (χ1n) is 7.44. The van der Waals surface area contributed by atoms with E-state index >= 15 is 0 Å². The number of ether oxygens (including phenoxy) is 1. The molecule has 0 saturated carbocycles. The summed E-state index contributed by atoms with van der Waals surface area (Å²) in [4.78, 5) is 24.4. The lowest BCUT2D eigenvalue weighted by molar-refractivity contribution is -0.123. The lowest BCUT2D eigenvalue weighted by Gasteiger charge is -2.11. The van der Waals surface area contributed by atoms with Crippen LogP contribution in [0.5, 0.6) is 5.75 Å². The molecule has 0 aliphatic heterocycles. The molecular weight excluding hydrogens is 394 g/mol. The van der Waals surface area contributed by atoms with Gasteiger partial charge >= 0.3 is 0 Å². The zero-order valence-corrected chi connectivity index (χ0v) is 16.1. The maximum absolute atomic E-state index is 11.8. The van der Waals surface area contributed by atoms with Crippen molar-refractivity contribution in [3.63, 3.8) is 0 Å². The molecule has 0 aliphatic rings. The summed E-state index contributed by atoms with van der Waals surface area (Å²) in [6.07, 6.45) is 3.03. The number of carbonyl (C=O) groups is 2. The number of hydrogen-bond donors (Lipinski definition) is 3. The molecule has 3 N–H and O–H groups in total. The molecule has 0 aliphatic carbocycles. The van der Waals surface area contributed by atoms with Crippen molar-refractivity contribution >= 4 is 58.2 Å². The van der Waals surface area contributed by atoms with Crippen molar-refractivity contribution < 1.29 is 14.3 Å². The fourth-order valence-electron chi connectivity index (χ4n) is 1.81. The molecule has 6 nitrogen and oxygen atoms in total. The third-order valence-electron chi connectivity index (χ3n) is 2.99. The molecule has 2 amide bonds. The largest absolute Gasteiger partial charge is 0.483 e. The van der Waals surface area contributed by atoms with Crippen molar-refractivity contribution in [2.24, 2.45) is 0 Å². The number of amides is 2. The Hall–Kier alpha value is -2.42. The van der Waals surface area contributed by atoms with Gasteiger partial charge in [-0.3, -0.25) is 25.8 Å². The standard InChI is InChI=1S/C17H16ClN3O3S2/c1-11-9-12(18)4-6-14(11)24-10-16(23)20-21-17(25)19-15(22)7-5-13-3-2-8-26-13/h2-9H,10H2,1H3,(H,20,23)(H2,19,21,22,25). The smallest absolute Gasteiger partial charge is 0.276 e. The van der Waals surface area contributed by atoms with Crippen molar-refractivity contribution in [1.82, 2.24) is 16.2 Å². The zero-order valence-electron chi connectivity index (χ0n) is 13.7. The van der Waals surface area contributed by atoms with Crippen LogP contribution in [0.25, 0.3) is 6.08 Å². The second kappa shape index (κ2) is 9.91. The number of hydrogen-bond acceptors (Lipinski definition) is 5. The van der Waals surface area contributed by atoms with Crippen LogP contribution in [0.3, 0.4) is 0 Å². The van der Waals surface area contributed by atoms with Gasteiger partial charge in [-0.15, -0.1) is 11.3 Å². The molecule has 0 fully saturated rings. The van der Waals surface area contributed by atoms with Crippen molar-refractivity contribution in [3.8, 4) is 5.75 Å². The van der Waals surface area contributed by atoms with Crippen LogP contribution in [-0.2, 0) is 9.59 Å². The first-order chi connectivity index (χ1) is 12.4. The van der Waals surface area contributed by atoms with E-state index in [0.717, 1.165) is 10.4 Å². The van der Waals surface area contributed by atoms with Crippen molar-refractivity contribution in [2.75, 3.05) is 6.61 Å². The monoisotopic (exact) mass is 409 g/mol. The van der Waals surface area contributed by atoms with Crippen LogP contribution < -0.4 is 20.9 Å². The van der Waals surface area contributed by atoms with Gasteiger partial charge in [0.1, 0.15) is 5.75 Å². The molecular formula is C17H16ClN3O3S2. The van der Waals surface area contributed by atoms with Crippen LogP contribution in [0, 0.1) is 6.92 Å². The number of aryl methyl sites for hydroxylation is 1. The minimum absolute atomic E-state index is 0.0261. The van der Waals surface area contributed by atoms with Gasteiger partial charge in [0.25, 0.3) is 5.91 Å². The van der Waals surface area contributed by atoms with Gasteiger partial charge < -0.3 is 4.74 Å². The van der Waals surface area contributed by atoms with E-state index in [-0.39, 0.29) is 11.7 Å². The second-order valence-electron chi connectivity index (χ2n) is 5.04. The molecule has 0 bridgehead atoms. The number of rotatable bonds is 5. The van der Waals surface area contributed by atoms with Crippen LogP contribution in [0.2, 0.25) is 5.02 Å². The molecule has 0 saturated heterocycles. The molecule has 9 heteroatoms. The van der Waals surface area contributed by atoms with Gasteiger partial charge in [-0.05, 0) is 60.4 Å². The summed E-state index contributed by atoms with van der Waals surface area (Å²) < 4.78 is 5.40. The molecule has 0 atom stereocenters. The highest BCUT2D eigenvalue weighted by molar-refractivity contribution is 7.80. The Labute approximate surface area is 165 Å². The second-order valence-corrected chi connectivity index (χ2v) is 6.86. The molecule has 1 aromatic heterocycles. The van der Waals surface area contributed by atoms with E-state index in [1.165, 1.54) is 17.4 Å². The summed E-state index contributed by atoms with van der Waals surface area (Å²) in [6.45, 7) is 1.61. The van der Waals surface area contributed by atoms with E-state index in [2.05, 4.69) is 16.2 Å². The summed E-state index contributed by atoms with van der Waals surface area (Å²) >= 11 is 12.3.